The summed E-state index contributed by atoms with van der Waals surface area (Å²) in [4.78, 5) is 0. The van der Waals surface area contributed by atoms with E-state index in [0.717, 1.165) is 12.0 Å². The largest absolute Gasteiger partial charge is 0.476 e. The van der Waals surface area contributed by atoms with E-state index in [-0.39, 0.29) is 0 Å². The molecule has 1 heteroatoms. The summed E-state index contributed by atoms with van der Waals surface area (Å²) in [7, 11) is 4.16. The molecule has 2 N–H and O–H groups in total. The van der Waals surface area contributed by atoms with Crippen LogP contribution in [0.4, 0.5) is 0 Å². The second kappa shape index (κ2) is 3.50. The predicted molar refractivity (Wildman–Crippen MR) is 71.2 cm³/mol. The van der Waals surface area contributed by atoms with Crippen molar-refractivity contribution in [2.24, 2.45) is 22.2 Å². The molecule has 0 amide bonds. The van der Waals surface area contributed by atoms with Crippen molar-refractivity contribution in [1.29, 1.82) is 0 Å². The fourth-order valence-corrected chi connectivity index (χ4v) is 6.08. The third-order valence-electron chi connectivity index (χ3n) is 6.62. The maximum absolute atomic E-state index is 4.16. The number of rotatable bonds is 1. The van der Waals surface area contributed by atoms with Gasteiger partial charge in [-0.05, 0) is 48.9 Å². The van der Waals surface area contributed by atoms with Gasteiger partial charge in [-0.2, -0.15) is 7.05 Å². The minimum Gasteiger partial charge on any atom is -0.476 e. The molecule has 1 spiro atoms. The lowest BCUT2D eigenvalue weighted by Gasteiger charge is -2.55. The van der Waals surface area contributed by atoms with Crippen LogP contribution in [-0.2, 0) is 0 Å². The zero-order valence-corrected chi connectivity index (χ0v) is 11.9. The highest BCUT2D eigenvalue weighted by Crippen LogP contribution is 2.67. The van der Waals surface area contributed by atoms with Crippen LogP contribution >= 0.6 is 0 Å². The van der Waals surface area contributed by atoms with E-state index in [1.807, 2.05) is 0 Å². The van der Waals surface area contributed by atoms with Gasteiger partial charge in [-0.15, -0.1) is 0 Å². The van der Waals surface area contributed by atoms with Gasteiger partial charge < -0.3 is 5.32 Å². The standard InChI is InChI=1S/C16H29N/c1-14(2)10-13(17-4)16-8-5-7-15(3,11-16)9-6-12(14)16/h12-13H,4-11,17H2,1-3H3/t12-,13+,15+,16-/m0/s1. The van der Waals surface area contributed by atoms with Gasteiger partial charge in [0.15, 0.2) is 0 Å². The quantitative estimate of drug-likeness (QED) is 0.673. The van der Waals surface area contributed by atoms with Gasteiger partial charge in [-0.3, -0.25) is 0 Å². The molecule has 0 aromatic rings. The molecule has 2 bridgehead atoms. The average Bonchev–Trinajstić information content (AvgIpc) is 2.44. The van der Waals surface area contributed by atoms with Gasteiger partial charge in [0.1, 0.15) is 0 Å². The van der Waals surface area contributed by atoms with E-state index >= 15 is 0 Å². The van der Waals surface area contributed by atoms with E-state index in [1.54, 1.807) is 0 Å². The van der Waals surface area contributed by atoms with Crippen molar-refractivity contribution in [3.05, 3.63) is 7.05 Å². The summed E-state index contributed by atoms with van der Waals surface area (Å²) >= 11 is 0. The molecular formula is C16H29N. The number of hydrogen-bond acceptors (Lipinski definition) is 0. The van der Waals surface area contributed by atoms with E-state index in [4.69, 9.17) is 0 Å². The number of quaternary nitrogens is 1. The van der Waals surface area contributed by atoms with Gasteiger partial charge in [0, 0.05) is 11.8 Å². The second-order valence-corrected chi connectivity index (χ2v) is 8.20. The Balaban J connectivity index is 2.00. The fraction of sp³-hybridized carbons (Fsp3) is 0.938. The molecule has 3 aliphatic rings. The van der Waals surface area contributed by atoms with Crippen LogP contribution in [0, 0.1) is 29.2 Å². The molecule has 4 atom stereocenters. The molecule has 3 saturated carbocycles. The van der Waals surface area contributed by atoms with Gasteiger partial charge in [-0.1, -0.05) is 27.2 Å². The molecule has 0 heterocycles. The summed E-state index contributed by atoms with van der Waals surface area (Å²) in [6.45, 7) is 7.58. The monoisotopic (exact) mass is 235 g/mol. The Kier molecular flexibility index (Phi) is 2.47. The topological polar surface area (TPSA) is 16.6 Å². The summed E-state index contributed by atoms with van der Waals surface area (Å²) in [5.74, 6) is 0.964. The summed E-state index contributed by atoms with van der Waals surface area (Å²) in [6, 6.07) is 0.794. The molecule has 0 aromatic carbocycles. The molecule has 3 rings (SSSR count). The van der Waals surface area contributed by atoms with Crippen LogP contribution < -0.4 is 5.32 Å². The smallest absolute Gasteiger partial charge is 0.0685 e. The minimum atomic E-state index is 0.553. The first-order valence-electron chi connectivity index (χ1n) is 7.55. The first kappa shape index (κ1) is 12.0. The van der Waals surface area contributed by atoms with Crippen LogP contribution in [0.5, 0.6) is 0 Å². The van der Waals surface area contributed by atoms with Crippen molar-refractivity contribution in [2.45, 2.75) is 71.8 Å². The summed E-state index contributed by atoms with van der Waals surface area (Å²) in [5.41, 5.74) is 1.85. The Hall–Kier alpha value is -0.0400. The average molecular weight is 235 g/mol. The lowest BCUT2D eigenvalue weighted by Crippen LogP contribution is -2.87. The van der Waals surface area contributed by atoms with E-state index in [2.05, 4.69) is 33.1 Å². The van der Waals surface area contributed by atoms with Crippen LogP contribution in [0.15, 0.2) is 0 Å². The van der Waals surface area contributed by atoms with Crippen molar-refractivity contribution < 1.29 is 5.32 Å². The van der Waals surface area contributed by atoms with Crippen molar-refractivity contribution >= 4 is 0 Å². The highest BCUT2D eigenvalue weighted by molar-refractivity contribution is 5.12. The first-order valence-corrected chi connectivity index (χ1v) is 7.55. The van der Waals surface area contributed by atoms with Crippen molar-refractivity contribution in [3.8, 4) is 0 Å². The summed E-state index contributed by atoms with van der Waals surface area (Å²) < 4.78 is 0. The minimum absolute atomic E-state index is 0.553. The van der Waals surface area contributed by atoms with Crippen molar-refractivity contribution in [3.63, 3.8) is 0 Å². The van der Waals surface area contributed by atoms with E-state index in [1.165, 1.54) is 44.9 Å². The van der Waals surface area contributed by atoms with Crippen LogP contribution in [-0.4, -0.2) is 6.04 Å². The molecular weight excluding hydrogens is 206 g/mol. The Morgan fingerprint density at radius 2 is 1.88 bits per heavy atom. The van der Waals surface area contributed by atoms with Crippen LogP contribution in [0.2, 0.25) is 0 Å². The van der Waals surface area contributed by atoms with Gasteiger partial charge >= 0.3 is 0 Å². The van der Waals surface area contributed by atoms with Crippen molar-refractivity contribution in [2.75, 3.05) is 0 Å². The Morgan fingerprint density at radius 3 is 2.59 bits per heavy atom. The van der Waals surface area contributed by atoms with E-state index in [9.17, 15) is 0 Å². The molecule has 0 aliphatic heterocycles. The van der Waals surface area contributed by atoms with Gasteiger partial charge in [-0.25, -0.2) is 0 Å². The van der Waals surface area contributed by atoms with Crippen LogP contribution in [0.1, 0.15) is 65.7 Å². The molecule has 0 aromatic heterocycles. The van der Waals surface area contributed by atoms with Gasteiger partial charge in [0.05, 0.1) is 6.04 Å². The van der Waals surface area contributed by atoms with Crippen molar-refractivity contribution in [1.82, 2.24) is 0 Å². The van der Waals surface area contributed by atoms with E-state index < -0.39 is 0 Å². The molecule has 3 fully saturated rings. The third-order valence-corrected chi connectivity index (χ3v) is 6.62. The Morgan fingerprint density at radius 1 is 1.12 bits per heavy atom. The summed E-state index contributed by atoms with van der Waals surface area (Å²) in [5, 5.41) is 2.30. The second-order valence-electron chi connectivity index (χ2n) is 8.20. The maximum atomic E-state index is 4.16. The number of nitrogens with two attached hydrogens (primary N) is 1. The van der Waals surface area contributed by atoms with Crippen LogP contribution in [0.25, 0.3) is 0 Å². The SMILES string of the molecule is [CH2-][NH2+][C@@H]1CC(C)(C)[C@@H]2CC[C@@]3(C)CCC[C@@]12C3. The van der Waals surface area contributed by atoms with Crippen LogP contribution in [0.3, 0.4) is 0 Å². The molecule has 1 nitrogen and oxygen atoms in total. The highest BCUT2D eigenvalue weighted by Gasteiger charge is 2.63. The van der Waals surface area contributed by atoms with Gasteiger partial charge in [0.25, 0.3) is 0 Å². The summed E-state index contributed by atoms with van der Waals surface area (Å²) in [6.07, 6.45) is 10.3. The predicted octanol–water partition coefficient (Wildman–Crippen LogP) is 3.12. The lowest BCUT2D eigenvalue weighted by molar-refractivity contribution is -0.650. The van der Waals surface area contributed by atoms with E-state index in [0.29, 0.717) is 16.2 Å². The Labute approximate surface area is 107 Å². The molecule has 3 aliphatic carbocycles. The zero-order valence-electron chi connectivity index (χ0n) is 11.9. The molecule has 0 radical (unpaired) electrons. The third kappa shape index (κ3) is 1.54. The number of fused-ring (bicyclic) bond motifs is 1. The first-order chi connectivity index (χ1) is 7.92. The zero-order chi connectivity index (χ0) is 12.3. The fourth-order valence-electron chi connectivity index (χ4n) is 6.08. The maximum Gasteiger partial charge on any atom is 0.0685 e. The number of hydrogen-bond donors (Lipinski definition) is 1. The molecule has 98 valence electrons. The Bertz CT molecular complexity index is 321. The van der Waals surface area contributed by atoms with Gasteiger partial charge in [0.2, 0.25) is 0 Å². The molecule has 17 heavy (non-hydrogen) atoms. The normalized spacial score (nSPS) is 52.2. The lowest BCUT2D eigenvalue weighted by atomic mass is 9.49. The highest BCUT2D eigenvalue weighted by atomic mass is 14.9. The molecule has 0 saturated heterocycles. The molecule has 0 unspecified atom stereocenters.